The van der Waals surface area contributed by atoms with E-state index < -0.39 is 0 Å². The molecule has 1 heterocycles. The Hall–Kier alpha value is -1.46. The van der Waals surface area contributed by atoms with Gasteiger partial charge in [0.25, 0.3) is 0 Å². The van der Waals surface area contributed by atoms with Crippen LogP contribution < -0.4 is 5.32 Å². The number of morpholine rings is 1. The molecule has 1 aliphatic heterocycles. The minimum atomic E-state index is -0.278. The number of carbonyl (C=O) groups is 1. The molecule has 1 aliphatic rings. The molecule has 1 unspecified atom stereocenters. The van der Waals surface area contributed by atoms with Crippen LogP contribution in [-0.2, 0) is 16.1 Å². The van der Waals surface area contributed by atoms with Crippen molar-refractivity contribution in [3.8, 4) is 0 Å². The predicted octanol–water partition coefficient (Wildman–Crippen LogP) is 1.08. The van der Waals surface area contributed by atoms with Crippen LogP contribution in [0.25, 0.3) is 0 Å². The summed E-state index contributed by atoms with van der Waals surface area (Å²) in [5, 5.41) is 3.13. The zero-order valence-corrected chi connectivity index (χ0v) is 11.3. The first-order chi connectivity index (χ1) is 9.08. The molecule has 0 radical (unpaired) electrons. The van der Waals surface area contributed by atoms with E-state index in [1.165, 1.54) is 6.07 Å². The van der Waals surface area contributed by atoms with Crippen molar-refractivity contribution in [1.29, 1.82) is 0 Å². The molecule has 1 atom stereocenters. The second-order valence-electron chi connectivity index (χ2n) is 4.86. The third-order valence-corrected chi connectivity index (χ3v) is 3.24. The van der Waals surface area contributed by atoms with Gasteiger partial charge in [0.2, 0.25) is 5.91 Å². The lowest BCUT2D eigenvalue weighted by molar-refractivity contribution is -0.135. The molecular formula is C14H19FN2O2. The summed E-state index contributed by atoms with van der Waals surface area (Å²) in [6.07, 6.45) is 0. The first-order valence-corrected chi connectivity index (χ1v) is 6.39. The molecule has 1 fully saturated rings. The number of carbonyl (C=O) groups excluding carboxylic acids is 1. The van der Waals surface area contributed by atoms with Gasteiger partial charge in [-0.1, -0.05) is 12.1 Å². The van der Waals surface area contributed by atoms with E-state index in [0.717, 1.165) is 5.56 Å². The number of hydrogen-bond acceptors (Lipinski definition) is 3. The molecule has 104 valence electrons. The molecule has 0 aliphatic carbocycles. The summed E-state index contributed by atoms with van der Waals surface area (Å²) in [6.45, 7) is 3.94. The summed E-state index contributed by atoms with van der Waals surface area (Å²) >= 11 is 0. The highest BCUT2D eigenvalue weighted by Gasteiger charge is 2.24. The van der Waals surface area contributed by atoms with Crippen LogP contribution in [0.5, 0.6) is 0 Å². The molecular weight excluding hydrogens is 247 g/mol. The SMILES string of the molecule is Cc1cc(CN(C)C(=O)C2COCCN2)ccc1F. The number of hydrogen-bond donors (Lipinski definition) is 1. The molecule has 1 aromatic rings. The monoisotopic (exact) mass is 266 g/mol. The Morgan fingerprint density at radius 2 is 2.37 bits per heavy atom. The van der Waals surface area contributed by atoms with E-state index in [1.54, 1.807) is 31.0 Å². The van der Waals surface area contributed by atoms with Crippen molar-refractivity contribution >= 4 is 5.91 Å². The Balaban J connectivity index is 1.97. The smallest absolute Gasteiger partial charge is 0.242 e. The van der Waals surface area contributed by atoms with Gasteiger partial charge in [-0.3, -0.25) is 4.79 Å². The van der Waals surface area contributed by atoms with Crippen molar-refractivity contribution in [2.45, 2.75) is 19.5 Å². The molecule has 1 amide bonds. The molecule has 0 aromatic heterocycles. The number of aryl methyl sites for hydroxylation is 1. The van der Waals surface area contributed by atoms with Crippen LogP contribution in [-0.4, -0.2) is 43.7 Å². The average molecular weight is 266 g/mol. The number of amides is 1. The number of rotatable bonds is 3. The maximum atomic E-state index is 13.2. The Bertz CT molecular complexity index is 459. The van der Waals surface area contributed by atoms with Gasteiger partial charge in [-0.15, -0.1) is 0 Å². The third-order valence-electron chi connectivity index (χ3n) is 3.24. The summed E-state index contributed by atoms with van der Waals surface area (Å²) in [6, 6.07) is 4.63. The van der Waals surface area contributed by atoms with Crippen molar-refractivity contribution in [2.24, 2.45) is 0 Å². The first-order valence-electron chi connectivity index (χ1n) is 6.39. The maximum Gasteiger partial charge on any atom is 0.242 e. The summed E-state index contributed by atoms with van der Waals surface area (Å²) < 4.78 is 18.5. The summed E-state index contributed by atoms with van der Waals surface area (Å²) in [5.41, 5.74) is 1.52. The van der Waals surface area contributed by atoms with Gasteiger partial charge >= 0.3 is 0 Å². The van der Waals surface area contributed by atoms with Gasteiger partial charge < -0.3 is 15.0 Å². The number of nitrogens with zero attached hydrogens (tertiary/aromatic N) is 1. The molecule has 0 bridgehead atoms. The van der Waals surface area contributed by atoms with Crippen LogP contribution in [0.4, 0.5) is 4.39 Å². The summed E-state index contributed by atoms with van der Waals surface area (Å²) in [4.78, 5) is 13.8. The van der Waals surface area contributed by atoms with E-state index in [2.05, 4.69) is 5.32 Å². The normalized spacial score (nSPS) is 19.2. The molecule has 4 nitrogen and oxygen atoms in total. The van der Waals surface area contributed by atoms with E-state index in [1.807, 2.05) is 0 Å². The lowest BCUT2D eigenvalue weighted by Gasteiger charge is -2.27. The number of likely N-dealkylation sites (N-methyl/N-ethyl adjacent to an activating group) is 1. The zero-order chi connectivity index (χ0) is 13.8. The van der Waals surface area contributed by atoms with E-state index in [4.69, 9.17) is 4.74 Å². The molecule has 1 saturated heterocycles. The highest BCUT2D eigenvalue weighted by molar-refractivity contribution is 5.81. The number of halogens is 1. The largest absolute Gasteiger partial charge is 0.378 e. The van der Waals surface area contributed by atoms with Gasteiger partial charge in [0.15, 0.2) is 0 Å². The van der Waals surface area contributed by atoms with Gasteiger partial charge in [0, 0.05) is 20.1 Å². The van der Waals surface area contributed by atoms with Crippen molar-refractivity contribution in [3.05, 3.63) is 35.1 Å². The van der Waals surface area contributed by atoms with Crippen LogP contribution in [0.2, 0.25) is 0 Å². The lowest BCUT2D eigenvalue weighted by atomic mass is 10.1. The van der Waals surface area contributed by atoms with Crippen molar-refractivity contribution in [1.82, 2.24) is 10.2 Å². The van der Waals surface area contributed by atoms with Crippen LogP contribution in [0, 0.1) is 12.7 Å². The van der Waals surface area contributed by atoms with Crippen LogP contribution in [0.1, 0.15) is 11.1 Å². The summed E-state index contributed by atoms with van der Waals surface area (Å²) in [5.74, 6) is -0.221. The van der Waals surface area contributed by atoms with E-state index in [-0.39, 0.29) is 17.8 Å². The molecule has 5 heteroatoms. The van der Waals surface area contributed by atoms with Gasteiger partial charge in [-0.05, 0) is 24.1 Å². The lowest BCUT2D eigenvalue weighted by Crippen LogP contribution is -2.51. The topological polar surface area (TPSA) is 41.6 Å². The molecule has 0 saturated carbocycles. The fourth-order valence-electron chi connectivity index (χ4n) is 2.15. The van der Waals surface area contributed by atoms with Crippen LogP contribution >= 0.6 is 0 Å². The Morgan fingerprint density at radius 3 is 3.00 bits per heavy atom. The van der Waals surface area contributed by atoms with Crippen LogP contribution in [0.15, 0.2) is 18.2 Å². The molecule has 0 spiro atoms. The van der Waals surface area contributed by atoms with Gasteiger partial charge in [0.1, 0.15) is 11.9 Å². The Morgan fingerprint density at radius 1 is 1.58 bits per heavy atom. The van der Waals surface area contributed by atoms with Gasteiger partial charge in [-0.2, -0.15) is 0 Å². The number of ether oxygens (including phenoxy) is 1. The molecule has 1 N–H and O–H groups in total. The number of benzene rings is 1. The van der Waals surface area contributed by atoms with E-state index in [9.17, 15) is 9.18 Å². The second kappa shape index (κ2) is 6.12. The van der Waals surface area contributed by atoms with Crippen LogP contribution in [0.3, 0.4) is 0 Å². The fraction of sp³-hybridized carbons (Fsp3) is 0.500. The summed E-state index contributed by atoms with van der Waals surface area (Å²) in [7, 11) is 1.75. The van der Waals surface area contributed by atoms with E-state index in [0.29, 0.717) is 31.9 Å². The van der Waals surface area contributed by atoms with E-state index >= 15 is 0 Å². The highest BCUT2D eigenvalue weighted by atomic mass is 19.1. The quantitative estimate of drug-likeness (QED) is 0.890. The van der Waals surface area contributed by atoms with Crippen molar-refractivity contribution < 1.29 is 13.9 Å². The molecule has 1 aromatic carbocycles. The number of nitrogens with one attached hydrogen (secondary N) is 1. The maximum absolute atomic E-state index is 13.2. The van der Waals surface area contributed by atoms with Gasteiger partial charge in [0.05, 0.1) is 13.2 Å². The minimum absolute atomic E-state index is 0.00155. The first kappa shape index (κ1) is 14.0. The molecule has 2 rings (SSSR count). The van der Waals surface area contributed by atoms with Crippen molar-refractivity contribution in [3.63, 3.8) is 0 Å². The van der Waals surface area contributed by atoms with Crippen molar-refractivity contribution in [2.75, 3.05) is 26.8 Å². The molecule has 19 heavy (non-hydrogen) atoms. The standard InChI is InChI=1S/C14H19FN2O2/c1-10-7-11(3-4-12(10)15)8-17(2)14(18)13-9-19-6-5-16-13/h3-4,7,13,16H,5-6,8-9H2,1-2H3. The Labute approximate surface area is 112 Å². The zero-order valence-electron chi connectivity index (χ0n) is 11.3. The minimum Gasteiger partial charge on any atom is -0.378 e. The predicted molar refractivity (Wildman–Crippen MR) is 70.2 cm³/mol. The van der Waals surface area contributed by atoms with Gasteiger partial charge in [-0.25, -0.2) is 4.39 Å². The third kappa shape index (κ3) is 3.52. The Kier molecular flexibility index (Phi) is 4.50. The highest BCUT2D eigenvalue weighted by Crippen LogP contribution is 2.11. The average Bonchev–Trinajstić information content (AvgIpc) is 2.43. The fourth-order valence-corrected chi connectivity index (χ4v) is 2.15. The second-order valence-corrected chi connectivity index (χ2v) is 4.86.